The van der Waals surface area contributed by atoms with Crippen LogP contribution in [0.5, 0.6) is 0 Å². The average molecular weight is 129 g/mol. The Morgan fingerprint density at radius 3 is 2.67 bits per heavy atom. The minimum atomic E-state index is 0.0914. The molecule has 0 spiro atoms. The van der Waals surface area contributed by atoms with Crippen molar-refractivity contribution in [3.63, 3.8) is 0 Å². The number of nitrogens with two attached hydrogens (primary N) is 2. The Morgan fingerprint density at radius 1 is 1.56 bits per heavy atom. The zero-order chi connectivity index (χ0) is 6.85. The number of rotatable bonds is 0. The van der Waals surface area contributed by atoms with E-state index < -0.39 is 0 Å². The molecule has 1 heterocycles. The van der Waals surface area contributed by atoms with Gasteiger partial charge in [-0.3, -0.25) is 5.84 Å². The predicted octanol–water partition coefficient (Wildman–Crippen LogP) is -0.123. The van der Waals surface area contributed by atoms with E-state index in [1.165, 1.54) is 6.42 Å². The second-order valence-electron chi connectivity index (χ2n) is 2.93. The van der Waals surface area contributed by atoms with Crippen LogP contribution in [0.4, 0.5) is 0 Å². The molecule has 0 amide bonds. The van der Waals surface area contributed by atoms with Crippen molar-refractivity contribution < 1.29 is 0 Å². The minimum Gasteiger partial charge on any atom is -0.315 e. The van der Waals surface area contributed by atoms with Crippen LogP contribution in [-0.2, 0) is 0 Å². The minimum absolute atomic E-state index is 0.0914. The van der Waals surface area contributed by atoms with Gasteiger partial charge in [0.15, 0.2) is 0 Å². The van der Waals surface area contributed by atoms with Gasteiger partial charge in [-0.25, -0.2) is 5.01 Å². The Balaban J connectivity index is 2.35. The van der Waals surface area contributed by atoms with Crippen LogP contribution in [0.1, 0.15) is 19.8 Å². The summed E-state index contributed by atoms with van der Waals surface area (Å²) in [6.07, 6.45) is 2.31. The fourth-order valence-corrected chi connectivity index (χ4v) is 1.20. The highest BCUT2D eigenvalue weighted by molar-refractivity contribution is 4.71. The van der Waals surface area contributed by atoms with Crippen LogP contribution in [0, 0.1) is 5.92 Å². The molecule has 2 atom stereocenters. The third-order valence-corrected chi connectivity index (χ3v) is 1.95. The monoisotopic (exact) mass is 129 g/mol. The molecule has 0 aliphatic carbocycles. The lowest BCUT2D eigenvalue weighted by Crippen LogP contribution is -2.51. The van der Waals surface area contributed by atoms with Crippen molar-refractivity contribution >= 4 is 0 Å². The highest BCUT2D eigenvalue weighted by Crippen LogP contribution is 2.16. The van der Waals surface area contributed by atoms with E-state index in [0.29, 0.717) is 0 Å². The van der Waals surface area contributed by atoms with E-state index in [4.69, 9.17) is 11.6 Å². The summed E-state index contributed by atoms with van der Waals surface area (Å²) < 4.78 is 0. The lowest BCUT2D eigenvalue weighted by Gasteiger charge is -2.32. The highest BCUT2D eigenvalue weighted by Gasteiger charge is 2.19. The summed E-state index contributed by atoms with van der Waals surface area (Å²) >= 11 is 0. The molecule has 1 fully saturated rings. The predicted molar refractivity (Wildman–Crippen MR) is 37.3 cm³/mol. The lowest BCUT2D eigenvalue weighted by molar-refractivity contribution is 0.123. The van der Waals surface area contributed by atoms with Gasteiger partial charge in [-0.2, -0.15) is 0 Å². The Hall–Kier alpha value is -0.120. The zero-order valence-electron chi connectivity index (χ0n) is 5.88. The fraction of sp³-hybridized carbons (Fsp3) is 1.00. The standard InChI is InChI=1S/C6H15N3/c1-5-2-3-9(8)6(7)4-5/h5-6H,2-4,7-8H2,1H3. The number of hydrogen-bond acceptors (Lipinski definition) is 3. The third kappa shape index (κ3) is 1.64. The summed E-state index contributed by atoms with van der Waals surface area (Å²) in [4.78, 5) is 0. The van der Waals surface area contributed by atoms with Gasteiger partial charge in [0.25, 0.3) is 0 Å². The molecule has 54 valence electrons. The molecule has 2 unspecified atom stereocenters. The molecule has 0 aromatic carbocycles. The van der Waals surface area contributed by atoms with Gasteiger partial charge < -0.3 is 5.73 Å². The summed E-state index contributed by atoms with van der Waals surface area (Å²) in [5.41, 5.74) is 5.67. The van der Waals surface area contributed by atoms with Crippen LogP contribution >= 0.6 is 0 Å². The first kappa shape index (κ1) is 6.99. The third-order valence-electron chi connectivity index (χ3n) is 1.95. The zero-order valence-corrected chi connectivity index (χ0v) is 5.88. The number of hydrogen-bond donors (Lipinski definition) is 2. The molecule has 3 nitrogen and oxygen atoms in total. The first-order chi connectivity index (χ1) is 4.20. The van der Waals surface area contributed by atoms with Crippen LogP contribution in [0.25, 0.3) is 0 Å². The van der Waals surface area contributed by atoms with Gasteiger partial charge in [0.05, 0.1) is 6.17 Å². The summed E-state index contributed by atoms with van der Waals surface area (Å²) in [6.45, 7) is 3.16. The van der Waals surface area contributed by atoms with Crippen molar-refractivity contribution in [1.29, 1.82) is 0 Å². The molecular formula is C6H15N3. The van der Waals surface area contributed by atoms with Crippen LogP contribution < -0.4 is 11.6 Å². The number of piperidine rings is 1. The van der Waals surface area contributed by atoms with E-state index in [1.807, 2.05) is 0 Å². The van der Waals surface area contributed by atoms with Gasteiger partial charge in [-0.15, -0.1) is 0 Å². The normalized spacial score (nSPS) is 39.0. The Labute approximate surface area is 56.0 Å². The largest absolute Gasteiger partial charge is 0.315 e. The Bertz CT molecular complexity index is 94.3. The first-order valence-electron chi connectivity index (χ1n) is 3.47. The molecule has 1 aliphatic heterocycles. The fourth-order valence-electron chi connectivity index (χ4n) is 1.20. The molecule has 4 N–H and O–H groups in total. The van der Waals surface area contributed by atoms with Crippen LogP contribution in [0.2, 0.25) is 0 Å². The Morgan fingerprint density at radius 2 is 2.22 bits per heavy atom. The molecule has 0 radical (unpaired) electrons. The average Bonchev–Trinajstić information content (AvgIpc) is 1.80. The van der Waals surface area contributed by atoms with Crippen LogP contribution in [-0.4, -0.2) is 17.7 Å². The maximum absolute atomic E-state index is 5.67. The van der Waals surface area contributed by atoms with Gasteiger partial charge in [-0.1, -0.05) is 6.92 Å². The van der Waals surface area contributed by atoms with Gasteiger partial charge in [-0.05, 0) is 18.8 Å². The van der Waals surface area contributed by atoms with E-state index in [2.05, 4.69) is 6.92 Å². The van der Waals surface area contributed by atoms with Crippen molar-refractivity contribution in [2.45, 2.75) is 25.9 Å². The second-order valence-corrected chi connectivity index (χ2v) is 2.93. The highest BCUT2D eigenvalue weighted by atomic mass is 15.4. The van der Waals surface area contributed by atoms with Crippen molar-refractivity contribution in [3.8, 4) is 0 Å². The summed E-state index contributed by atoms with van der Waals surface area (Å²) in [7, 11) is 0. The Kier molecular flexibility index (Phi) is 2.05. The van der Waals surface area contributed by atoms with E-state index in [0.717, 1.165) is 18.9 Å². The molecule has 0 saturated carbocycles. The number of nitrogens with zero attached hydrogens (tertiary/aromatic N) is 1. The second kappa shape index (κ2) is 2.64. The van der Waals surface area contributed by atoms with Crippen LogP contribution in [0.15, 0.2) is 0 Å². The molecule has 3 heteroatoms. The van der Waals surface area contributed by atoms with Crippen molar-refractivity contribution in [2.24, 2.45) is 17.5 Å². The SMILES string of the molecule is CC1CCN(N)C(N)C1. The topological polar surface area (TPSA) is 55.3 Å². The van der Waals surface area contributed by atoms with Gasteiger partial charge >= 0.3 is 0 Å². The number of hydrazine groups is 1. The summed E-state index contributed by atoms with van der Waals surface area (Å²) in [6, 6.07) is 0. The molecule has 0 bridgehead atoms. The first-order valence-corrected chi connectivity index (χ1v) is 3.47. The quantitative estimate of drug-likeness (QED) is 0.448. The molecule has 9 heavy (non-hydrogen) atoms. The van der Waals surface area contributed by atoms with Gasteiger partial charge in [0, 0.05) is 6.54 Å². The molecule has 1 rings (SSSR count). The van der Waals surface area contributed by atoms with E-state index in [1.54, 1.807) is 5.01 Å². The van der Waals surface area contributed by atoms with E-state index in [9.17, 15) is 0 Å². The van der Waals surface area contributed by atoms with Gasteiger partial charge in [0.1, 0.15) is 0 Å². The van der Waals surface area contributed by atoms with E-state index >= 15 is 0 Å². The van der Waals surface area contributed by atoms with E-state index in [-0.39, 0.29) is 6.17 Å². The van der Waals surface area contributed by atoms with Crippen molar-refractivity contribution in [1.82, 2.24) is 5.01 Å². The lowest BCUT2D eigenvalue weighted by atomic mass is 9.98. The molecule has 0 aromatic heterocycles. The summed E-state index contributed by atoms with van der Waals surface area (Å²) in [5.74, 6) is 6.30. The molecule has 0 aromatic rings. The van der Waals surface area contributed by atoms with Crippen LogP contribution in [0.3, 0.4) is 0 Å². The van der Waals surface area contributed by atoms with Gasteiger partial charge in [0.2, 0.25) is 0 Å². The smallest absolute Gasteiger partial charge is 0.0708 e. The summed E-state index contributed by atoms with van der Waals surface area (Å²) in [5, 5.41) is 1.72. The molecule has 1 aliphatic rings. The van der Waals surface area contributed by atoms with Crippen molar-refractivity contribution in [3.05, 3.63) is 0 Å². The molecular weight excluding hydrogens is 114 g/mol. The molecule has 1 saturated heterocycles. The maximum Gasteiger partial charge on any atom is 0.0708 e. The maximum atomic E-state index is 5.67. The van der Waals surface area contributed by atoms with Crippen molar-refractivity contribution in [2.75, 3.05) is 6.54 Å².